The fourth-order valence-corrected chi connectivity index (χ4v) is 1.40. The third-order valence-electron chi connectivity index (χ3n) is 1.83. The summed E-state index contributed by atoms with van der Waals surface area (Å²) < 4.78 is 5.41. The molecule has 0 saturated carbocycles. The van der Waals surface area contributed by atoms with Crippen LogP contribution in [0, 0.1) is 6.92 Å². The normalized spacial score (nSPS) is 10.0. The lowest BCUT2D eigenvalue weighted by atomic mass is 10.2. The maximum atomic E-state index is 6.00. The van der Waals surface area contributed by atoms with E-state index in [9.17, 15) is 0 Å². The van der Waals surface area contributed by atoms with Gasteiger partial charge in [0, 0.05) is 12.4 Å². The molecule has 0 aliphatic rings. The molecule has 2 rings (SSSR count). The van der Waals surface area contributed by atoms with Crippen LogP contribution in [-0.2, 0) is 0 Å². The van der Waals surface area contributed by atoms with Gasteiger partial charge >= 0.3 is 6.01 Å². The summed E-state index contributed by atoms with van der Waals surface area (Å²) in [6.07, 6.45) is 3.23. The van der Waals surface area contributed by atoms with Crippen molar-refractivity contribution in [3.63, 3.8) is 0 Å². The summed E-state index contributed by atoms with van der Waals surface area (Å²) >= 11 is 6.00. The zero-order valence-electron chi connectivity index (χ0n) is 8.14. The lowest BCUT2D eigenvalue weighted by Crippen LogP contribution is -1.90. The van der Waals surface area contributed by atoms with E-state index in [0.29, 0.717) is 16.8 Å². The van der Waals surface area contributed by atoms with Crippen LogP contribution in [0.4, 0.5) is 0 Å². The quantitative estimate of drug-likeness (QED) is 0.780. The predicted molar refractivity (Wildman–Crippen MR) is 58.3 cm³/mol. The number of hydrogen-bond donors (Lipinski definition) is 0. The van der Waals surface area contributed by atoms with Gasteiger partial charge in [0.05, 0.1) is 5.02 Å². The van der Waals surface area contributed by atoms with Gasteiger partial charge in [-0.15, -0.1) is 0 Å². The summed E-state index contributed by atoms with van der Waals surface area (Å²) in [5.74, 6) is 0.563. The summed E-state index contributed by atoms with van der Waals surface area (Å²) in [7, 11) is 0. The molecule has 0 atom stereocenters. The molecule has 0 fully saturated rings. The Balaban J connectivity index is 2.25. The van der Waals surface area contributed by atoms with E-state index in [4.69, 9.17) is 16.3 Å². The van der Waals surface area contributed by atoms with Crippen molar-refractivity contribution in [1.82, 2.24) is 9.97 Å². The highest BCUT2D eigenvalue weighted by molar-refractivity contribution is 6.32. The number of ether oxygens (including phenoxy) is 1. The lowest BCUT2D eigenvalue weighted by molar-refractivity contribution is 0.442. The first-order valence-electron chi connectivity index (χ1n) is 4.47. The van der Waals surface area contributed by atoms with Crippen molar-refractivity contribution in [2.24, 2.45) is 0 Å². The van der Waals surface area contributed by atoms with E-state index in [1.807, 2.05) is 19.1 Å². The van der Waals surface area contributed by atoms with Crippen LogP contribution in [0.3, 0.4) is 0 Å². The number of rotatable bonds is 2. The third kappa shape index (κ3) is 2.44. The first kappa shape index (κ1) is 9.93. The molecule has 0 bridgehead atoms. The fourth-order valence-electron chi connectivity index (χ4n) is 1.13. The van der Waals surface area contributed by atoms with Crippen molar-refractivity contribution < 1.29 is 4.74 Å². The Morgan fingerprint density at radius 3 is 2.60 bits per heavy atom. The highest BCUT2D eigenvalue weighted by Gasteiger charge is 2.04. The van der Waals surface area contributed by atoms with Crippen molar-refractivity contribution in [3.05, 3.63) is 47.2 Å². The first-order chi connectivity index (χ1) is 7.25. The van der Waals surface area contributed by atoms with Gasteiger partial charge in [0.15, 0.2) is 0 Å². The van der Waals surface area contributed by atoms with E-state index in [2.05, 4.69) is 9.97 Å². The Morgan fingerprint density at radius 2 is 1.93 bits per heavy atom. The van der Waals surface area contributed by atoms with Crippen LogP contribution in [0.15, 0.2) is 36.7 Å². The summed E-state index contributed by atoms with van der Waals surface area (Å²) in [6, 6.07) is 7.57. The molecule has 3 nitrogen and oxygen atoms in total. The maximum Gasteiger partial charge on any atom is 0.321 e. The summed E-state index contributed by atoms with van der Waals surface area (Å²) in [5.41, 5.74) is 1.08. The average molecular weight is 221 g/mol. The van der Waals surface area contributed by atoms with Gasteiger partial charge in [-0.2, -0.15) is 0 Å². The lowest BCUT2D eigenvalue weighted by Gasteiger charge is -2.05. The second-order valence-electron chi connectivity index (χ2n) is 3.07. The molecule has 2 aromatic rings. The van der Waals surface area contributed by atoms with E-state index < -0.39 is 0 Å². The molecule has 0 unspecified atom stereocenters. The molecule has 1 aromatic heterocycles. The smallest absolute Gasteiger partial charge is 0.321 e. The Kier molecular flexibility index (Phi) is 2.83. The predicted octanol–water partition coefficient (Wildman–Crippen LogP) is 3.23. The van der Waals surface area contributed by atoms with Crippen molar-refractivity contribution >= 4 is 11.6 Å². The standard InChI is InChI=1S/C11H9ClN2O/c1-8-3-4-10(9(12)7-8)15-11-13-5-2-6-14-11/h2-7H,1H3. The van der Waals surface area contributed by atoms with Gasteiger partial charge in [0.1, 0.15) is 5.75 Å². The second kappa shape index (κ2) is 4.28. The first-order valence-corrected chi connectivity index (χ1v) is 4.84. The van der Waals surface area contributed by atoms with Crippen LogP contribution < -0.4 is 4.74 Å². The van der Waals surface area contributed by atoms with Crippen molar-refractivity contribution in [1.29, 1.82) is 0 Å². The van der Waals surface area contributed by atoms with Gasteiger partial charge in [-0.1, -0.05) is 17.7 Å². The maximum absolute atomic E-state index is 6.00. The monoisotopic (exact) mass is 220 g/mol. The minimum absolute atomic E-state index is 0.295. The van der Waals surface area contributed by atoms with Gasteiger partial charge < -0.3 is 4.74 Å². The highest BCUT2D eigenvalue weighted by Crippen LogP contribution is 2.27. The molecule has 0 saturated heterocycles. The summed E-state index contributed by atoms with van der Waals surface area (Å²) in [4.78, 5) is 7.89. The molecule has 1 aromatic carbocycles. The van der Waals surface area contributed by atoms with Gasteiger partial charge in [-0.3, -0.25) is 0 Å². The minimum atomic E-state index is 0.295. The zero-order chi connectivity index (χ0) is 10.7. The molecule has 0 radical (unpaired) electrons. The molecular weight excluding hydrogens is 212 g/mol. The van der Waals surface area contributed by atoms with Crippen molar-refractivity contribution in [2.75, 3.05) is 0 Å². The van der Waals surface area contributed by atoms with Gasteiger partial charge in [-0.05, 0) is 30.7 Å². The molecule has 1 heterocycles. The van der Waals surface area contributed by atoms with Crippen LogP contribution in [-0.4, -0.2) is 9.97 Å². The van der Waals surface area contributed by atoms with Crippen molar-refractivity contribution in [3.8, 4) is 11.8 Å². The van der Waals surface area contributed by atoms with Crippen LogP contribution in [0.5, 0.6) is 11.8 Å². The summed E-state index contributed by atoms with van der Waals surface area (Å²) in [5, 5.41) is 0.558. The fraction of sp³-hybridized carbons (Fsp3) is 0.0909. The number of nitrogens with zero attached hydrogens (tertiary/aromatic N) is 2. The Morgan fingerprint density at radius 1 is 1.20 bits per heavy atom. The molecule has 0 spiro atoms. The molecule has 0 amide bonds. The number of benzene rings is 1. The molecule has 76 valence electrons. The number of aromatic nitrogens is 2. The Hall–Kier alpha value is -1.61. The van der Waals surface area contributed by atoms with E-state index in [-0.39, 0.29) is 0 Å². The molecular formula is C11H9ClN2O. The zero-order valence-corrected chi connectivity index (χ0v) is 8.90. The van der Waals surface area contributed by atoms with E-state index in [1.54, 1.807) is 24.5 Å². The Labute approximate surface area is 92.7 Å². The van der Waals surface area contributed by atoms with Gasteiger partial charge in [0.2, 0.25) is 0 Å². The number of hydrogen-bond acceptors (Lipinski definition) is 3. The van der Waals surface area contributed by atoms with Crippen LogP contribution in [0.1, 0.15) is 5.56 Å². The van der Waals surface area contributed by atoms with Crippen LogP contribution >= 0.6 is 11.6 Å². The number of aryl methyl sites for hydroxylation is 1. The number of halogens is 1. The summed E-state index contributed by atoms with van der Waals surface area (Å²) in [6.45, 7) is 1.97. The largest absolute Gasteiger partial charge is 0.423 e. The average Bonchev–Trinajstić information content (AvgIpc) is 2.24. The molecule has 0 aliphatic carbocycles. The van der Waals surface area contributed by atoms with Gasteiger partial charge in [0.25, 0.3) is 0 Å². The van der Waals surface area contributed by atoms with Crippen molar-refractivity contribution in [2.45, 2.75) is 6.92 Å². The van der Waals surface area contributed by atoms with E-state index in [0.717, 1.165) is 5.56 Å². The van der Waals surface area contributed by atoms with E-state index in [1.165, 1.54) is 0 Å². The highest BCUT2D eigenvalue weighted by atomic mass is 35.5. The van der Waals surface area contributed by atoms with Gasteiger partial charge in [-0.25, -0.2) is 9.97 Å². The molecule has 0 N–H and O–H groups in total. The Bertz CT molecular complexity index is 459. The molecule has 15 heavy (non-hydrogen) atoms. The third-order valence-corrected chi connectivity index (χ3v) is 2.13. The topological polar surface area (TPSA) is 35.0 Å². The molecule has 0 aliphatic heterocycles. The SMILES string of the molecule is Cc1ccc(Oc2ncccn2)c(Cl)c1. The minimum Gasteiger partial charge on any atom is -0.423 e. The van der Waals surface area contributed by atoms with Crippen LogP contribution in [0.2, 0.25) is 5.02 Å². The van der Waals surface area contributed by atoms with Crippen LogP contribution in [0.25, 0.3) is 0 Å². The van der Waals surface area contributed by atoms with E-state index >= 15 is 0 Å². The molecule has 4 heteroatoms. The second-order valence-corrected chi connectivity index (χ2v) is 3.47.